The number of rotatable bonds is 11. The number of esters is 4. The van der Waals surface area contributed by atoms with Gasteiger partial charge in [-0.05, 0) is 49.4 Å². The second kappa shape index (κ2) is 12.1. The Bertz CT molecular complexity index is 780. The van der Waals surface area contributed by atoms with Crippen molar-refractivity contribution in [2.45, 2.75) is 84.0 Å². The van der Waals surface area contributed by atoms with Crippen molar-refractivity contribution in [1.29, 1.82) is 0 Å². The fourth-order valence-electron chi connectivity index (χ4n) is 7.53. The SMILES string of the molecule is CC[C@@H]1CC(C(=O)OC)(C(=O)OC)C[C@@H]1[C@@H]1CC(C(=O)OC)(C(=O)OC)C[C@H]1C[Si](CC)(CC)CC. The quantitative estimate of drug-likeness (QED) is 0.166. The minimum Gasteiger partial charge on any atom is -0.468 e. The summed E-state index contributed by atoms with van der Waals surface area (Å²) in [6, 6.07) is 4.38. The summed E-state index contributed by atoms with van der Waals surface area (Å²) in [6.07, 6.45) is 2.09. The molecule has 0 aromatic heterocycles. The van der Waals surface area contributed by atoms with Crippen LogP contribution >= 0.6 is 0 Å². The predicted octanol–water partition coefficient (Wildman–Crippen LogP) is 4.62. The maximum absolute atomic E-state index is 13.1. The predicted molar refractivity (Wildman–Crippen MR) is 138 cm³/mol. The molecular weight excluding hydrogens is 480 g/mol. The van der Waals surface area contributed by atoms with Crippen LogP contribution in [0.25, 0.3) is 0 Å². The Balaban J connectivity index is 2.63. The molecule has 0 aliphatic heterocycles. The van der Waals surface area contributed by atoms with Gasteiger partial charge >= 0.3 is 23.9 Å². The average molecular weight is 527 g/mol. The first-order valence-corrected chi connectivity index (χ1v) is 16.2. The van der Waals surface area contributed by atoms with Gasteiger partial charge in [0.05, 0.1) is 36.5 Å². The van der Waals surface area contributed by atoms with Crippen molar-refractivity contribution in [2.24, 2.45) is 34.5 Å². The molecule has 0 aromatic rings. The molecule has 2 aliphatic carbocycles. The fraction of sp³-hybridized carbons (Fsp3) is 0.852. The number of hydrogen-bond acceptors (Lipinski definition) is 8. The lowest BCUT2D eigenvalue weighted by Gasteiger charge is -2.36. The van der Waals surface area contributed by atoms with E-state index in [9.17, 15) is 19.2 Å². The molecule has 2 fully saturated rings. The summed E-state index contributed by atoms with van der Waals surface area (Å²) in [6.45, 7) is 8.81. The molecule has 0 amide bonds. The summed E-state index contributed by atoms with van der Waals surface area (Å²) in [7, 11) is 3.56. The molecule has 0 saturated heterocycles. The van der Waals surface area contributed by atoms with E-state index in [0.29, 0.717) is 25.7 Å². The molecule has 206 valence electrons. The standard InChI is InChI=1S/C27H46O8Si/c1-9-18-13-26(22(28)32-5,23(29)33-6)15-20(18)21-16-27(24(30)34-7,25(31)35-8)14-19(21)17-36(10-2,11-3)12-4/h18-21H,9-17H2,1-8H3/t18-,19+,20+,21-/m1/s1. The number of carbonyl (C=O) groups excluding carboxylic acids is 4. The van der Waals surface area contributed by atoms with E-state index in [0.717, 1.165) is 30.6 Å². The van der Waals surface area contributed by atoms with Crippen molar-refractivity contribution in [3.63, 3.8) is 0 Å². The van der Waals surface area contributed by atoms with E-state index in [1.165, 1.54) is 28.4 Å². The monoisotopic (exact) mass is 526 g/mol. The third-order valence-corrected chi connectivity index (χ3v) is 15.8. The Morgan fingerprint density at radius 1 is 0.611 bits per heavy atom. The molecule has 0 spiro atoms. The van der Waals surface area contributed by atoms with Gasteiger partial charge in [0.1, 0.15) is 0 Å². The zero-order valence-electron chi connectivity index (χ0n) is 23.4. The van der Waals surface area contributed by atoms with Crippen molar-refractivity contribution in [2.75, 3.05) is 28.4 Å². The second-order valence-corrected chi connectivity index (χ2v) is 16.5. The average Bonchev–Trinajstić information content (AvgIpc) is 3.50. The van der Waals surface area contributed by atoms with E-state index in [1.807, 2.05) is 0 Å². The Kier molecular flexibility index (Phi) is 10.2. The van der Waals surface area contributed by atoms with Crippen molar-refractivity contribution < 1.29 is 38.1 Å². The van der Waals surface area contributed by atoms with Crippen LogP contribution in [0.3, 0.4) is 0 Å². The Morgan fingerprint density at radius 2 is 0.944 bits per heavy atom. The Hall–Kier alpha value is -1.90. The molecule has 0 unspecified atom stereocenters. The molecule has 36 heavy (non-hydrogen) atoms. The highest BCUT2D eigenvalue weighted by atomic mass is 28.3. The molecule has 0 N–H and O–H groups in total. The Labute approximate surface area is 217 Å². The van der Waals surface area contributed by atoms with E-state index < -0.39 is 42.8 Å². The van der Waals surface area contributed by atoms with Gasteiger partial charge in [0.15, 0.2) is 10.8 Å². The van der Waals surface area contributed by atoms with E-state index in [4.69, 9.17) is 18.9 Å². The first-order valence-electron chi connectivity index (χ1n) is 13.4. The highest BCUT2D eigenvalue weighted by Crippen LogP contribution is 2.60. The van der Waals surface area contributed by atoms with Crippen LogP contribution < -0.4 is 0 Å². The molecule has 9 heteroatoms. The zero-order chi connectivity index (χ0) is 27.3. The molecule has 0 radical (unpaired) electrons. The fourth-order valence-corrected chi connectivity index (χ4v) is 11.5. The topological polar surface area (TPSA) is 105 Å². The normalized spacial score (nSPS) is 26.8. The first kappa shape index (κ1) is 30.3. The van der Waals surface area contributed by atoms with Crippen molar-refractivity contribution in [1.82, 2.24) is 0 Å². The number of carbonyl (C=O) groups is 4. The van der Waals surface area contributed by atoms with Crippen molar-refractivity contribution in [3.8, 4) is 0 Å². The molecule has 2 aliphatic rings. The summed E-state index contributed by atoms with van der Waals surface area (Å²) >= 11 is 0. The van der Waals surface area contributed by atoms with Gasteiger partial charge in [-0.15, -0.1) is 0 Å². The highest BCUT2D eigenvalue weighted by molar-refractivity contribution is 6.79. The van der Waals surface area contributed by atoms with Crippen LogP contribution in [0.5, 0.6) is 0 Å². The van der Waals surface area contributed by atoms with Crippen LogP contribution in [0, 0.1) is 34.5 Å². The molecule has 0 bridgehead atoms. The van der Waals surface area contributed by atoms with Crippen LogP contribution in [-0.4, -0.2) is 60.4 Å². The molecule has 4 atom stereocenters. The summed E-state index contributed by atoms with van der Waals surface area (Å²) in [4.78, 5) is 52.2. The number of hydrogen-bond donors (Lipinski definition) is 0. The Morgan fingerprint density at radius 3 is 1.25 bits per heavy atom. The van der Waals surface area contributed by atoms with Gasteiger partial charge in [-0.3, -0.25) is 19.2 Å². The van der Waals surface area contributed by atoms with Crippen LogP contribution in [0.15, 0.2) is 0 Å². The number of methoxy groups -OCH3 is 4. The van der Waals surface area contributed by atoms with Gasteiger partial charge in [0, 0.05) is 0 Å². The molecular formula is C27H46O8Si. The van der Waals surface area contributed by atoms with E-state index >= 15 is 0 Å². The summed E-state index contributed by atoms with van der Waals surface area (Å²) in [5.41, 5.74) is -2.73. The largest absolute Gasteiger partial charge is 0.468 e. The third-order valence-electron chi connectivity index (χ3n) is 9.92. The lowest BCUT2D eigenvalue weighted by Crippen LogP contribution is -2.40. The molecule has 0 heterocycles. The van der Waals surface area contributed by atoms with Crippen molar-refractivity contribution in [3.05, 3.63) is 0 Å². The van der Waals surface area contributed by atoms with Crippen LogP contribution in [0.4, 0.5) is 0 Å². The van der Waals surface area contributed by atoms with Crippen LogP contribution in [0.1, 0.15) is 59.8 Å². The van der Waals surface area contributed by atoms with E-state index in [-0.39, 0.29) is 23.7 Å². The summed E-state index contributed by atoms with van der Waals surface area (Å²) in [5.74, 6) is -2.17. The van der Waals surface area contributed by atoms with E-state index in [2.05, 4.69) is 27.7 Å². The second-order valence-electron chi connectivity index (χ2n) is 11.0. The lowest BCUT2D eigenvalue weighted by atomic mass is 9.76. The van der Waals surface area contributed by atoms with Crippen LogP contribution in [-0.2, 0) is 38.1 Å². The van der Waals surface area contributed by atoms with E-state index in [1.54, 1.807) is 0 Å². The van der Waals surface area contributed by atoms with Crippen LogP contribution in [0.2, 0.25) is 24.2 Å². The van der Waals surface area contributed by atoms with Gasteiger partial charge in [-0.1, -0.05) is 58.3 Å². The molecule has 2 saturated carbocycles. The zero-order valence-corrected chi connectivity index (χ0v) is 24.4. The molecule has 0 aromatic carbocycles. The maximum atomic E-state index is 13.1. The first-order chi connectivity index (χ1) is 17.0. The third kappa shape index (κ3) is 5.09. The smallest absolute Gasteiger partial charge is 0.323 e. The van der Waals surface area contributed by atoms with Gasteiger partial charge in [0.25, 0.3) is 0 Å². The molecule has 2 rings (SSSR count). The maximum Gasteiger partial charge on any atom is 0.323 e. The number of ether oxygens (including phenoxy) is 4. The minimum atomic E-state index is -1.64. The molecule has 8 nitrogen and oxygen atoms in total. The lowest BCUT2D eigenvalue weighted by molar-refractivity contribution is -0.171. The summed E-state index contributed by atoms with van der Waals surface area (Å²) < 4.78 is 20.5. The van der Waals surface area contributed by atoms with Gasteiger partial charge in [-0.25, -0.2) is 0 Å². The minimum absolute atomic E-state index is 0.0270. The van der Waals surface area contributed by atoms with Gasteiger partial charge < -0.3 is 18.9 Å². The van der Waals surface area contributed by atoms with Crippen molar-refractivity contribution >= 4 is 32.0 Å². The highest BCUT2D eigenvalue weighted by Gasteiger charge is 2.64. The summed E-state index contributed by atoms with van der Waals surface area (Å²) in [5, 5.41) is 0. The van der Waals surface area contributed by atoms with Gasteiger partial charge in [-0.2, -0.15) is 0 Å². The van der Waals surface area contributed by atoms with Gasteiger partial charge in [0.2, 0.25) is 0 Å².